The Morgan fingerprint density at radius 2 is 2.00 bits per heavy atom. The lowest BCUT2D eigenvalue weighted by molar-refractivity contribution is 0.0486. The molecule has 0 aromatic heterocycles. The summed E-state index contributed by atoms with van der Waals surface area (Å²) in [7, 11) is 3.34. The molecule has 120 valence electrons. The Bertz CT molecular complexity index is 429. The van der Waals surface area contributed by atoms with Crippen molar-refractivity contribution in [3.63, 3.8) is 0 Å². The molecule has 0 fully saturated rings. The summed E-state index contributed by atoms with van der Waals surface area (Å²) in [5.74, 6) is -0.197. The molecular weight excluding hydrogens is 271 g/mol. The number of aryl methyl sites for hydroxylation is 1. The van der Waals surface area contributed by atoms with E-state index in [0.717, 1.165) is 12.1 Å². The van der Waals surface area contributed by atoms with Gasteiger partial charge in [-0.25, -0.2) is 4.39 Å². The molecule has 1 aromatic rings. The summed E-state index contributed by atoms with van der Waals surface area (Å²) in [5.41, 5.74) is 7.48. The Hall–Kier alpha value is -1.01. The van der Waals surface area contributed by atoms with Crippen LogP contribution < -0.4 is 5.73 Å². The van der Waals surface area contributed by atoms with E-state index in [9.17, 15) is 4.39 Å². The molecule has 0 radical (unpaired) electrons. The molecule has 0 saturated carbocycles. The minimum atomic E-state index is -0.197. The Kier molecular flexibility index (Phi) is 7.82. The molecule has 2 unspecified atom stereocenters. The molecule has 2 N–H and O–H groups in total. The monoisotopic (exact) mass is 298 g/mol. The third kappa shape index (κ3) is 5.04. The predicted octanol–water partition coefficient (Wildman–Crippen LogP) is 2.12. The first-order valence-electron chi connectivity index (χ1n) is 7.24. The number of methoxy groups -OCH3 is 2. The zero-order valence-corrected chi connectivity index (χ0v) is 13.4. The number of benzene rings is 1. The third-order valence-corrected chi connectivity index (χ3v) is 3.73. The lowest BCUT2D eigenvalue weighted by Crippen LogP contribution is -2.44. The lowest BCUT2D eigenvalue weighted by atomic mass is 10.0. The first-order chi connectivity index (χ1) is 10.0. The highest BCUT2D eigenvalue weighted by Crippen LogP contribution is 2.24. The first kappa shape index (κ1) is 18.0. The van der Waals surface area contributed by atoms with Gasteiger partial charge in [-0.2, -0.15) is 0 Å². The molecule has 5 heteroatoms. The van der Waals surface area contributed by atoms with Gasteiger partial charge in [0, 0.05) is 39.4 Å². The van der Waals surface area contributed by atoms with Gasteiger partial charge < -0.3 is 15.2 Å². The van der Waals surface area contributed by atoms with Crippen LogP contribution in [0.2, 0.25) is 0 Å². The predicted molar refractivity (Wildman–Crippen MR) is 82.9 cm³/mol. The van der Waals surface area contributed by atoms with Gasteiger partial charge in [0.15, 0.2) is 0 Å². The number of ether oxygens (including phenoxy) is 2. The second-order valence-electron chi connectivity index (χ2n) is 5.30. The van der Waals surface area contributed by atoms with E-state index in [4.69, 9.17) is 15.2 Å². The van der Waals surface area contributed by atoms with Crippen molar-refractivity contribution in [3.05, 3.63) is 35.1 Å². The second kappa shape index (κ2) is 9.10. The van der Waals surface area contributed by atoms with Crippen molar-refractivity contribution >= 4 is 0 Å². The van der Waals surface area contributed by atoms with Crippen LogP contribution in [0.25, 0.3) is 0 Å². The average Bonchev–Trinajstić information content (AvgIpc) is 2.47. The van der Waals surface area contributed by atoms with Crippen molar-refractivity contribution in [1.82, 2.24) is 4.90 Å². The van der Waals surface area contributed by atoms with Crippen LogP contribution in [-0.4, -0.2) is 51.5 Å². The Balaban J connectivity index is 3.00. The lowest BCUT2D eigenvalue weighted by Gasteiger charge is -2.36. The topological polar surface area (TPSA) is 47.7 Å². The summed E-state index contributed by atoms with van der Waals surface area (Å²) in [4.78, 5) is 2.21. The van der Waals surface area contributed by atoms with Crippen LogP contribution in [0.1, 0.15) is 24.1 Å². The molecule has 1 rings (SSSR count). The average molecular weight is 298 g/mol. The van der Waals surface area contributed by atoms with Gasteiger partial charge >= 0.3 is 0 Å². The Morgan fingerprint density at radius 1 is 1.29 bits per heavy atom. The van der Waals surface area contributed by atoms with E-state index in [1.54, 1.807) is 33.3 Å². The van der Waals surface area contributed by atoms with Crippen LogP contribution in [0, 0.1) is 12.7 Å². The number of rotatable bonds is 9. The van der Waals surface area contributed by atoms with Gasteiger partial charge in [0.2, 0.25) is 0 Å². The summed E-state index contributed by atoms with van der Waals surface area (Å²) in [6.07, 6.45) is 0. The number of hydrogen-bond acceptors (Lipinski definition) is 4. The summed E-state index contributed by atoms with van der Waals surface area (Å²) >= 11 is 0. The highest BCUT2D eigenvalue weighted by molar-refractivity contribution is 5.26. The number of halogens is 1. The van der Waals surface area contributed by atoms with E-state index in [1.165, 1.54) is 0 Å². The van der Waals surface area contributed by atoms with Gasteiger partial charge in [0.1, 0.15) is 5.82 Å². The van der Waals surface area contributed by atoms with Crippen molar-refractivity contribution in [2.24, 2.45) is 5.73 Å². The molecule has 2 atom stereocenters. The van der Waals surface area contributed by atoms with E-state index in [0.29, 0.717) is 25.3 Å². The Labute approximate surface area is 127 Å². The highest BCUT2D eigenvalue weighted by Gasteiger charge is 2.24. The van der Waals surface area contributed by atoms with E-state index < -0.39 is 0 Å². The fourth-order valence-electron chi connectivity index (χ4n) is 2.50. The molecule has 0 aliphatic heterocycles. The van der Waals surface area contributed by atoms with Crippen molar-refractivity contribution < 1.29 is 13.9 Å². The number of nitrogens with zero attached hydrogens (tertiary/aromatic N) is 1. The third-order valence-electron chi connectivity index (χ3n) is 3.73. The molecule has 0 aliphatic rings. The summed E-state index contributed by atoms with van der Waals surface area (Å²) in [6, 6.07) is 5.42. The smallest absolute Gasteiger partial charge is 0.126 e. The molecule has 0 spiro atoms. The highest BCUT2D eigenvalue weighted by atomic mass is 19.1. The molecule has 1 aromatic carbocycles. The second-order valence-corrected chi connectivity index (χ2v) is 5.30. The minimum Gasteiger partial charge on any atom is -0.383 e. The van der Waals surface area contributed by atoms with E-state index in [2.05, 4.69) is 11.8 Å². The van der Waals surface area contributed by atoms with Crippen molar-refractivity contribution in [2.75, 3.05) is 40.5 Å². The van der Waals surface area contributed by atoms with Gasteiger partial charge in [-0.15, -0.1) is 0 Å². The quantitative estimate of drug-likeness (QED) is 0.758. The van der Waals surface area contributed by atoms with Gasteiger partial charge in [0.05, 0.1) is 13.2 Å². The molecule has 0 saturated heterocycles. The summed E-state index contributed by atoms with van der Waals surface area (Å²) < 4.78 is 24.2. The number of nitrogens with two attached hydrogens (primary N) is 1. The fraction of sp³-hybridized carbons (Fsp3) is 0.625. The molecule has 0 aliphatic carbocycles. The van der Waals surface area contributed by atoms with E-state index >= 15 is 0 Å². The normalized spacial score (nSPS) is 14.4. The SMILES string of the molecule is COCCN(C(C)COC)C(CN)c1ccc(C)c(F)c1. The zero-order chi connectivity index (χ0) is 15.8. The van der Waals surface area contributed by atoms with Crippen LogP contribution in [0.5, 0.6) is 0 Å². The molecule has 4 nitrogen and oxygen atoms in total. The van der Waals surface area contributed by atoms with Crippen LogP contribution in [0.4, 0.5) is 4.39 Å². The maximum atomic E-state index is 13.8. The maximum absolute atomic E-state index is 13.8. The standard InChI is InChI=1S/C16H27FN2O2/c1-12-5-6-14(9-15(12)17)16(10-18)19(7-8-20-3)13(2)11-21-4/h5-6,9,13,16H,7-8,10-11,18H2,1-4H3. The van der Waals surface area contributed by atoms with E-state index in [-0.39, 0.29) is 17.9 Å². The zero-order valence-electron chi connectivity index (χ0n) is 13.4. The first-order valence-corrected chi connectivity index (χ1v) is 7.24. The largest absolute Gasteiger partial charge is 0.383 e. The van der Waals surface area contributed by atoms with Gasteiger partial charge in [-0.3, -0.25) is 4.90 Å². The van der Waals surface area contributed by atoms with Gasteiger partial charge in [-0.1, -0.05) is 12.1 Å². The van der Waals surface area contributed by atoms with Crippen LogP contribution in [0.3, 0.4) is 0 Å². The molecule has 0 heterocycles. The van der Waals surface area contributed by atoms with Crippen molar-refractivity contribution in [3.8, 4) is 0 Å². The molecule has 0 amide bonds. The van der Waals surface area contributed by atoms with Crippen LogP contribution in [-0.2, 0) is 9.47 Å². The van der Waals surface area contributed by atoms with Gasteiger partial charge in [-0.05, 0) is 31.0 Å². The molecular formula is C16H27FN2O2. The van der Waals surface area contributed by atoms with Crippen LogP contribution >= 0.6 is 0 Å². The van der Waals surface area contributed by atoms with Gasteiger partial charge in [0.25, 0.3) is 0 Å². The van der Waals surface area contributed by atoms with Crippen LogP contribution in [0.15, 0.2) is 18.2 Å². The minimum absolute atomic E-state index is 0.0552. The Morgan fingerprint density at radius 3 is 2.52 bits per heavy atom. The molecule has 0 bridgehead atoms. The van der Waals surface area contributed by atoms with E-state index in [1.807, 2.05) is 6.07 Å². The molecule has 21 heavy (non-hydrogen) atoms. The summed E-state index contributed by atoms with van der Waals surface area (Å²) in [6.45, 7) is 6.16. The maximum Gasteiger partial charge on any atom is 0.126 e. The summed E-state index contributed by atoms with van der Waals surface area (Å²) in [5, 5.41) is 0. The van der Waals surface area contributed by atoms with Crippen molar-refractivity contribution in [2.45, 2.75) is 25.9 Å². The van der Waals surface area contributed by atoms with Crippen molar-refractivity contribution in [1.29, 1.82) is 0 Å². The fourth-order valence-corrected chi connectivity index (χ4v) is 2.50. The number of hydrogen-bond donors (Lipinski definition) is 1.